The number of hydrogen-bond donors (Lipinski definition) is 1. The highest BCUT2D eigenvalue weighted by molar-refractivity contribution is 5.70. The summed E-state index contributed by atoms with van der Waals surface area (Å²) in [6, 6.07) is 0. The lowest BCUT2D eigenvalue weighted by molar-refractivity contribution is -0.161. The van der Waals surface area contributed by atoms with Crippen LogP contribution in [0.2, 0.25) is 0 Å². The Balaban J connectivity index is 3.48. The molecule has 0 rings (SSSR count). The van der Waals surface area contributed by atoms with Crippen LogP contribution < -0.4 is 0 Å². The minimum Gasteiger partial charge on any atom is -0.462 e. The van der Waals surface area contributed by atoms with Crippen molar-refractivity contribution in [2.45, 2.75) is 380 Å². The van der Waals surface area contributed by atoms with Gasteiger partial charge in [-0.1, -0.05) is 402 Å². The maximum Gasteiger partial charge on any atom is 0.306 e. The van der Waals surface area contributed by atoms with Crippen molar-refractivity contribution in [3.05, 3.63) is 170 Å². The van der Waals surface area contributed by atoms with E-state index in [1.807, 2.05) is 0 Å². The van der Waals surface area contributed by atoms with Crippen LogP contribution >= 0.6 is 0 Å². The highest BCUT2D eigenvalue weighted by Crippen LogP contribution is 2.19. The summed E-state index contributed by atoms with van der Waals surface area (Å²) < 4.78 is 10.8. The van der Waals surface area contributed by atoms with Crippen molar-refractivity contribution in [3.63, 3.8) is 0 Å². The van der Waals surface area contributed by atoms with Gasteiger partial charge in [0.1, 0.15) is 6.61 Å². The Hall–Kier alpha value is -4.74. The molecule has 1 atom stereocenters. The van der Waals surface area contributed by atoms with Crippen molar-refractivity contribution >= 4 is 11.9 Å². The second-order valence-corrected chi connectivity index (χ2v) is 26.7. The summed E-state index contributed by atoms with van der Waals surface area (Å²) in [6.45, 7) is 3.94. The number of aliphatic hydroxyl groups excluding tert-OH is 1. The second kappa shape index (κ2) is 84.5. The predicted molar refractivity (Wildman–Crippen MR) is 426 cm³/mol. The average molecular weight is 1330 g/mol. The maximum absolute atomic E-state index is 12.4. The smallest absolute Gasteiger partial charge is 0.306 e. The first-order valence-corrected chi connectivity index (χ1v) is 40.7. The highest BCUT2D eigenvalue weighted by atomic mass is 16.6. The van der Waals surface area contributed by atoms with E-state index < -0.39 is 6.10 Å². The zero-order valence-corrected chi connectivity index (χ0v) is 62.8. The third-order valence-corrected chi connectivity index (χ3v) is 17.5. The van der Waals surface area contributed by atoms with Crippen molar-refractivity contribution in [1.82, 2.24) is 0 Å². The van der Waals surface area contributed by atoms with Gasteiger partial charge < -0.3 is 14.6 Å². The van der Waals surface area contributed by atoms with Crippen molar-refractivity contribution in [3.8, 4) is 0 Å². The molecule has 0 amide bonds. The van der Waals surface area contributed by atoms with Crippen LogP contribution in [0, 0.1) is 0 Å². The Labute approximate surface area is 595 Å². The summed E-state index contributed by atoms with van der Waals surface area (Å²) in [5, 5.41) is 9.73. The molecule has 0 aliphatic carbocycles. The fourth-order valence-electron chi connectivity index (χ4n) is 11.5. The van der Waals surface area contributed by atoms with Crippen LogP contribution in [0.4, 0.5) is 0 Å². The van der Waals surface area contributed by atoms with Gasteiger partial charge in [0.15, 0.2) is 6.10 Å². The molecule has 0 aromatic carbocycles. The van der Waals surface area contributed by atoms with Gasteiger partial charge >= 0.3 is 11.9 Å². The van der Waals surface area contributed by atoms with Gasteiger partial charge in [-0.2, -0.15) is 0 Å². The molecule has 5 heteroatoms. The van der Waals surface area contributed by atoms with Gasteiger partial charge in [0.05, 0.1) is 6.61 Å². The Morgan fingerprint density at radius 3 is 0.625 bits per heavy atom. The topological polar surface area (TPSA) is 72.8 Å². The van der Waals surface area contributed by atoms with Gasteiger partial charge in [-0.3, -0.25) is 9.59 Å². The van der Waals surface area contributed by atoms with Gasteiger partial charge in [0.25, 0.3) is 0 Å². The quantitative estimate of drug-likeness (QED) is 0.0373. The number of ether oxygens (including phenoxy) is 2. The van der Waals surface area contributed by atoms with E-state index in [2.05, 4.69) is 184 Å². The lowest BCUT2D eigenvalue weighted by Gasteiger charge is -2.15. The third-order valence-electron chi connectivity index (χ3n) is 17.5. The molecule has 5 nitrogen and oxygen atoms in total. The summed E-state index contributed by atoms with van der Waals surface area (Å²) in [4.78, 5) is 24.7. The summed E-state index contributed by atoms with van der Waals surface area (Å²) in [7, 11) is 0. The van der Waals surface area contributed by atoms with Crippen LogP contribution in [0.5, 0.6) is 0 Å². The monoisotopic (exact) mass is 1330 g/mol. The molecule has 0 saturated carbocycles. The van der Waals surface area contributed by atoms with E-state index in [9.17, 15) is 14.7 Å². The highest BCUT2D eigenvalue weighted by Gasteiger charge is 2.16. The molecule has 0 aliphatic rings. The standard InChI is InChI=1S/C91H152O5/c1-3-5-7-9-11-13-15-17-19-21-23-25-27-29-31-33-35-37-39-41-43-45-47-49-51-53-55-57-59-61-63-65-67-69-71-73-75-77-79-81-83-85-90(93)95-88-89(87-92)96-91(94)86-84-82-80-78-76-74-72-70-68-66-64-62-60-58-56-54-52-50-48-46-44-42-40-38-36-34-32-30-28-26-24-22-20-18-16-14-12-10-8-6-4-2/h5-8,11-14,17-20,23-26,30,32,36,38,42,44,48,50,54,56,60,62,89,92H,3-4,9-10,15-16,21-22,27-29,31,33-35,37,39-41,43,45-47,49,51-53,55,57-59,61,63-88H2,1-2H3/b7-5-,8-6-,13-11-,14-12-,19-17-,20-18-,25-23-,26-24-,32-30-,38-36-,44-42-,50-48-,56-54-,62-60-. The molecular weight excluding hydrogens is 1170 g/mol. The van der Waals surface area contributed by atoms with Gasteiger partial charge in [0.2, 0.25) is 0 Å². The fourth-order valence-corrected chi connectivity index (χ4v) is 11.5. The van der Waals surface area contributed by atoms with Crippen LogP contribution in [0.1, 0.15) is 373 Å². The number of esters is 2. The zero-order chi connectivity index (χ0) is 69.0. The van der Waals surface area contributed by atoms with Crippen molar-refractivity contribution < 1.29 is 24.2 Å². The summed E-state index contributed by atoms with van der Waals surface area (Å²) in [5.41, 5.74) is 0. The van der Waals surface area contributed by atoms with Crippen molar-refractivity contribution in [2.75, 3.05) is 13.2 Å². The average Bonchev–Trinajstić information content (AvgIpc) is 3.79. The van der Waals surface area contributed by atoms with Crippen LogP contribution in [0.15, 0.2) is 170 Å². The normalized spacial score (nSPS) is 13.2. The van der Waals surface area contributed by atoms with Crippen LogP contribution in [0.25, 0.3) is 0 Å². The van der Waals surface area contributed by atoms with E-state index >= 15 is 0 Å². The molecule has 1 unspecified atom stereocenters. The van der Waals surface area contributed by atoms with Gasteiger partial charge in [-0.25, -0.2) is 0 Å². The molecule has 0 aliphatic heterocycles. The van der Waals surface area contributed by atoms with E-state index in [-0.39, 0.29) is 25.2 Å². The minimum atomic E-state index is -0.785. The van der Waals surface area contributed by atoms with E-state index in [1.54, 1.807) is 0 Å². The maximum atomic E-state index is 12.4. The Morgan fingerprint density at radius 1 is 0.240 bits per heavy atom. The minimum absolute atomic E-state index is 0.0712. The molecule has 0 aromatic heterocycles. The molecular formula is C91H152O5. The first kappa shape index (κ1) is 91.3. The SMILES string of the molecule is CC/C=C\C/C=C\C/C=C\C/C=C\C/C=C\C/C=C\C/C=C\C/C=C\C/C=C\C/C=C\CCCCCCCCCCCCC(=O)OC(CO)COC(=O)CCCCCCCCCCCCCCCCCCCCCCCCCCCCCC/C=C\C/C=C\C/C=C\C/C=C\CC. The van der Waals surface area contributed by atoms with Crippen LogP contribution in [0.3, 0.4) is 0 Å². The van der Waals surface area contributed by atoms with E-state index in [0.29, 0.717) is 12.8 Å². The van der Waals surface area contributed by atoms with Gasteiger partial charge in [0, 0.05) is 12.8 Å². The van der Waals surface area contributed by atoms with E-state index in [0.717, 1.165) is 128 Å². The Kier molecular flexibility index (Phi) is 80.3. The van der Waals surface area contributed by atoms with Crippen LogP contribution in [-0.4, -0.2) is 36.4 Å². The zero-order valence-electron chi connectivity index (χ0n) is 62.8. The number of rotatable bonds is 74. The van der Waals surface area contributed by atoms with E-state index in [4.69, 9.17) is 9.47 Å². The predicted octanol–water partition coefficient (Wildman–Crippen LogP) is 29.1. The number of carbonyl (C=O) groups excluding carboxylic acids is 2. The number of unbranched alkanes of at least 4 members (excludes halogenated alkanes) is 38. The van der Waals surface area contributed by atoms with Gasteiger partial charge in [-0.05, 0) is 128 Å². The lowest BCUT2D eigenvalue weighted by Crippen LogP contribution is -2.28. The molecule has 0 fully saturated rings. The third kappa shape index (κ3) is 81.7. The van der Waals surface area contributed by atoms with Crippen molar-refractivity contribution in [2.24, 2.45) is 0 Å². The molecule has 0 aromatic rings. The Bertz CT molecular complexity index is 2050. The molecule has 1 N–H and O–H groups in total. The lowest BCUT2D eigenvalue weighted by atomic mass is 10.0. The summed E-state index contributed by atoms with van der Waals surface area (Å²) in [6.07, 6.45) is 130. The summed E-state index contributed by atoms with van der Waals surface area (Å²) in [5.74, 6) is -0.588. The molecule has 0 saturated heterocycles. The molecule has 546 valence electrons. The molecule has 0 spiro atoms. The number of hydrogen-bond acceptors (Lipinski definition) is 5. The first-order chi connectivity index (χ1) is 47.6. The summed E-state index contributed by atoms with van der Waals surface area (Å²) >= 11 is 0. The molecule has 96 heavy (non-hydrogen) atoms. The first-order valence-electron chi connectivity index (χ1n) is 40.7. The molecule has 0 radical (unpaired) electrons. The number of allylic oxidation sites excluding steroid dienone is 28. The second-order valence-electron chi connectivity index (χ2n) is 26.7. The number of carbonyl (C=O) groups is 2. The Morgan fingerprint density at radius 2 is 0.417 bits per heavy atom. The van der Waals surface area contributed by atoms with Gasteiger partial charge in [-0.15, -0.1) is 0 Å². The van der Waals surface area contributed by atoms with E-state index in [1.165, 1.54) is 218 Å². The fraction of sp³-hybridized carbons (Fsp3) is 0.670. The molecule has 0 heterocycles. The van der Waals surface area contributed by atoms with Crippen LogP contribution in [-0.2, 0) is 19.1 Å². The molecule has 0 bridgehead atoms. The largest absolute Gasteiger partial charge is 0.462 e. The van der Waals surface area contributed by atoms with Crippen molar-refractivity contribution in [1.29, 1.82) is 0 Å². The number of aliphatic hydroxyl groups is 1.